The van der Waals surface area contributed by atoms with Crippen molar-refractivity contribution in [2.45, 2.75) is 12.0 Å². The minimum absolute atomic E-state index is 0.0539. The summed E-state index contributed by atoms with van der Waals surface area (Å²) >= 11 is 0. The molecule has 1 aliphatic heterocycles. The van der Waals surface area contributed by atoms with Gasteiger partial charge in [-0.3, -0.25) is 4.79 Å². The molecule has 0 aromatic heterocycles. The first-order chi connectivity index (χ1) is 13.2. The Morgan fingerprint density at radius 1 is 0.778 bits per heavy atom. The Labute approximate surface area is 158 Å². The quantitative estimate of drug-likeness (QED) is 0.773. The first-order valence-electron chi connectivity index (χ1n) is 8.87. The molecule has 1 aliphatic rings. The van der Waals surface area contributed by atoms with Crippen LogP contribution in [0.1, 0.15) is 22.3 Å². The zero-order valence-electron chi connectivity index (χ0n) is 15.4. The highest BCUT2D eigenvalue weighted by molar-refractivity contribution is 5.86. The number of carbonyl (C=O) groups excluding carboxylic acids is 1. The van der Waals surface area contributed by atoms with Gasteiger partial charge in [0.25, 0.3) is 0 Å². The molecule has 4 nitrogen and oxygen atoms in total. The summed E-state index contributed by atoms with van der Waals surface area (Å²) in [4.78, 5) is 12.8. The Hall–Kier alpha value is -3.27. The number of ether oxygens (including phenoxy) is 2. The maximum absolute atomic E-state index is 12.8. The monoisotopic (exact) mass is 359 g/mol. The van der Waals surface area contributed by atoms with Crippen molar-refractivity contribution in [2.24, 2.45) is 0 Å². The summed E-state index contributed by atoms with van der Waals surface area (Å²) in [6, 6.07) is 23.7. The van der Waals surface area contributed by atoms with Gasteiger partial charge >= 0.3 is 0 Å². The maximum Gasteiger partial charge on any atom is 0.225 e. The van der Waals surface area contributed by atoms with E-state index in [-0.39, 0.29) is 12.3 Å². The maximum atomic E-state index is 12.8. The molecule has 0 aliphatic carbocycles. The van der Waals surface area contributed by atoms with Gasteiger partial charge in [-0.1, -0.05) is 60.7 Å². The normalized spacial score (nSPS) is 14.8. The van der Waals surface area contributed by atoms with Crippen molar-refractivity contribution in [3.8, 4) is 11.5 Å². The van der Waals surface area contributed by atoms with Crippen LogP contribution in [0.3, 0.4) is 0 Å². The molecule has 0 fully saturated rings. The van der Waals surface area contributed by atoms with E-state index in [9.17, 15) is 4.79 Å². The lowest BCUT2D eigenvalue weighted by atomic mass is 9.72. The van der Waals surface area contributed by atoms with Crippen LogP contribution in [-0.4, -0.2) is 20.1 Å². The van der Waals surface area contributed by atoms with Crippen LogP contribution in [0, 0.1) is 0 Å². The zero-order chi connectivity index (χ0) is 18.9. The van der Waals surface area contributed by atoms with Gasteiger partial charge in [-0.25, -0.2) is 0 Å². The van der Waals surface area contributed by atoms with E-state index in [0.29, 0.717) is 5.75 Å². The first kappa shape index (κ1) is 17.2. The van der Waals surface area contributed by atoms with E-state index < -0.39 is 5.54 Å². The molecule has 0 bridgehead atoms. The summed E-state index contributed by atoms with van der Waals surface area (Å²) in [5.74, 6) is 1.36. The van der Waals surface area contributed by atoms with E-state index in [0.717, 1.165) is 28.0 Å². The highest BCUT2D eigenvalue weighted by Crippen LogP contribution is 2.47. The van der Waals surface area contributed by atoms with Crippen LogP contribution in [0.15, 0.2) is 72.8 Å². The van der Waals surface area contributed by atoms with Crippen molar-refractivity contribution < 1.29 is 14.3 Å². The fraction of sp³-hybridized carbons (Fsp3) is 0.174. The average Bonchev–Trinajstić information content (AvgIpc) is 2.73. The minimum atomic E-state index is -0.854. The van der Waals surface area contributed by atoms with Crippen LogP contribution in [0.2, 0.25) is 0 Å². The fourth-order valence-corrected chi connectivity index (χ4v) is 4.01. The van der Waals surface area contributed by atoms with Crippen LogP contribution in [0.4, 0.5) is 0 Å². The van der Waals surface area contributed by atoms with E-state index in [1.807, 2.05) is 72.8 Å². The third-order valence-electron chi connectivity index (χ3n) is 5.12. The Bertz CT molecular complexity index is 928. The first-order valence-corrected chi connectivity index (χ1v) is 8.87. The van der Waals surface area contributed by atoms with Crippen LogP contribution in [0.5, 0.6) is 11.5 Å². The number of carbonyl (C=O) groups is 1. The van der Waals surface area contributed by atoms with Crippen LogP contribution < -0.4 is 14.8 Å². The van der Waals surface area contributed by atoms with Gasteiger partial charge in [0.2, 0.25) is 5.91 Å². The largest absolute Gasteiger partial charge is 0.496 e. The second-order valence-corrected chi connectivity index (χ2v) is 6.53. The van der Waals surface area contributed by atoms with Gasteiger partial charge in [-0.15, -0.1) is 0 Å². The van der Waals surface area contributed by atoms with E-state index in [1.54, 1.807) is 14.2 Å². The molecule has 3 aromatic carbocycles. The SMILES string of the molecule is COc1ccc(OC)c2c1CC(=O)NC2(c1ccccc1)c1ccccc1. The van der Waals surface area contributed by atoms with Crippen molar-refractivity contribution in [2.75, 3.05) is 14.2 Å². The summed E-state index contributed by atoms with van der Waals surface area (Å²) in [6.45, 7) is 0. The van der Waals surface area contributed by atoms with Gasteiger partial charge in [0.1, 0.15) is 17.0 Å². The number of amides is 1. The van der Waals surface area contributed by atoms with Gasteiger partial charge in [0.15, 0.2) is 0 Å². The lowest BCUT2D eigenvalue weighted by Crippen LogP contribution is -2.52. The molecule has 136 valence electrons. The van der Waals surface area contributed by atoms with Crippen molar-refractivity contribution in [1.29, 1.82) is 0 Å². The number of benzene rings is 3. The molecule has 1 heterocycles. The predicted molar refractivity (Wildman–Crippen MR) is 104 cm³/mol. The Morgan fingerprint density at radius 3 is 1.81 bits per heavy atom. The molecule has 4 rings (SSSR count). The smallest absolute Gasteiger partial charge is 0.225 e. The standard InChI is InChI=1S/C23H21NO3/c1-26-19-13-14-20(27-2)22-18(19)15-21(25)24-23(22,16-9-5-3-6-10-16)17-11-7-4-8-12-17/h3-14H,15H2,1-2H3,(H,24,25). The molecule has 27 heavy (non-hydrogen) atoms. The fourth-order valence-electron chi connectivity index (χ4n) is 4.01. The Morgan fingerprint density at radius 2 is 1.30 bits per heavy atom. The summed E-state index contributed by atoms with van der Waals surface area (Å²) < 4.78 is 11.3. The number of nitrogens with one attached hydrogen (secondary N) is 1. The van der Waals surface area contributed by atoms with Gasteiger partial charge in [0.05, 0.1) is 20.6 Å². The third kappa shape index (κ3) is 2.65. The molecule has 0 unspecified atom stereocenters. The topological polar surface area (TPSA) is 47.6 Å². The van der Waals surface area contributed by atoms with Crippen molar-refractivity contribution in [3.63, 3.8) is 0 Å². The Balaban J connectivity index is 2.15. The van der Waals surface area contributed by atoms with Crippen LogP contribution in [0.25, 0.3) is 0 Å². The van der Waals surface area contributed by atoms with Gasteiger partial charge in [-0.05, 0) is 23.3 Å². The minimum Gasteiger partial charge on any atom is -0.496 e. The second kappa shape index (κ2) is 6.80. The lowest BCUT2D eigenvalue weighted by Gasteiger charge is -2.42. The molecule has 3 aromatic rings. The molecule has 1 amide bonds. The average molecular weight is 359 g/mol. The highest BCUT2D eigenvalue weighted by Gasteiger charge is 2.45. The number of fused-ring (bicyclic) bond motifs is 1. The van der Waals surface area contributed by atoms with Crippen molar-refractivity contribution >= 4 is 5.91 Å². The van der Waals surface area contributed by atoms with Gasteiger partial charge in [-0.2, -0.15) is 0 Å². The number of rotatable bonds is 4. The van der Waals surface area contributed by atoms with E-state index in [1.165, 1.54) is 0 Å². The molecule has 4 heteroatoms. The molecule has 0 radical (unpaired) electrons. The predicted octanol–water partition coefficient (Wildman–Crippen LogP) is 3.67. The second-order valence-electron chi connectivity index (χ2n) is 6.53. The van der Waals surface area contributed by atoms with Gasteiger partial charge < -0.3 is 14.8 Å². The van der Waals surface area contributed by atoms with E-state index in [4.69, 9.17) is 9.47 Å². The van der Waals surface area contributed by atoms with Gasteiger partial charge in [0, 0.05) is 11.1 Å². The lowest BCUT2D eigenvalue weighted by molar-refractivity contribution is -0.122. The molecule has 0 saturated heterocycles. The van der Waals surface area contributed by atoms with Crippen LogP contribution >= 0.6 is 0 Å². The molecule has 0 saturated carbocycles. The molecular formula is C23H21NO3. The van der Waals surface area contributed by atoms with E-state index in [2.05, 4.69) is 5.32 Å². The van der Waals surface area contributed by atoms with Crippen LogP contribution in [-0.2, 0) is 16.8 Å². The summed E-state index contributed by atoms with van der Waals surface area (Å²) in [5, 5.41) is 3.27. The highest BCUT2D eigenvalue weighted by atomic mass is 16.5. The molecular weight excluding hydrogens is 338 g/mol. The number of hydrogen-bond donors (Lipinski definition) is 1. The van der Waals surface area contributed by atoms with Crippen molar-refractivity contribution in [1.82, 2.24) is 5.32 Å². The molecule has 1 N–H and O–H groups in total. The number of hydrogen-bond acceptors (Lipinski definition) is 3. The number of methoxy groups -OCH3 is 2. The van der Waals surface area contributed by atoms with Crippen molar-refractivity contribution in [3.05, 3.63) is 95.1 Å². The third-order valence-corrected chi connectivity index (χ3v) is 5.12. The molecule has 0 spiro atoms. The zero-order valence-corrected chi connectivity index (χ0v) is 15.4. The molecule has 0 atom stereocenters. The summed E-state index contributed by atoms with van der Waals surface area (Å²) in [7, 11) is 3.28. The Kier molecular flexibility index (Phi) is 4.32. The summed E-state index contributed by atoms with van der Waals surface area (Å²) in [6.07, 6.45) is 0.247. The van der Waals surface area contributed by atoms with E-state index >= 15 is 0 Å². The summed E-state index contributed by atoms with van der Waals surface area (Å²) in [5.41, 5.74) is 2.86.